The smallest absolute Gasteiger partial charge is 0.231 e. The highest BCUT2D eigenvalue weighted by atomic mass is 35.5. The Bertz CT molecular complexity index is 1300. The topological polar surface area (TPSA) is 96.0 Å². The van der Waals surface area contributed by atoms with Gasteiger partial charge in [-0.1, -0.05) is 23.7 Å². The molecule has 0 radical (unpaired) electrons. The fourth-order valence-corrected chi connectivity index (χ4v) is 4.87. The first kappa shape index (κ1) is 23.9. The minimum atomic E-state index is 0.157. The van der Waals surface area contributed by atoms with E-state index in [1.54, 1.807) is 6.08 Å². The second-order valence-corrected chi connectivity index (χ2v) is 10.00. The van der Waals surface area contributed by atoms with E-state index >= 15 is 0 Å². The van der Waals surface area contributed by atoms with E-state index < -0.39 is 0 Å². The summed E-state index contributed by atoms with van der Waals surface area (Å²) in [4.78, 5) is 23.8. The van der Waals surface area contributed by atoms with E-state index in [9.17, 15) is 9.59 Å². The zero-order valence-corrected chi connectivity index (χ0v) is 21.0. The van der Waals surface area contributed by atoms with Crippen LogP contribution in [0.4, 0.5) is 0 Å². The summed E-state index contributed by atoms with van der Waals surface area (Å²) >= 11 is 5.45. The number of hydrogen-bond donors (Lipinski definition) is 1. The molecule has 37 heavy (non-hydrogen) atoms. The Morgan fingerprint density at radius 3 is 1.89 bits per heavy atom. The maximum atomic E-state index is 11.2. The van der Waals surface area contributed by atoms with E-state index in [1.165, 1.54) is 22.9 Å². The molecule has 0 bridgehead atoms. The Morgan fingerprint density at radius 2 is 1.35 bits per heavy atom. The molecule has 2 aliphatic carbocycles. The Labute approximate surface area is 219 Å². The van der Waals surface area contributed by atoms with Gasteiger partial charge < -0.3 is 29.2 Å². The number of ether oxygens (including phenoxy) is 4. The van der Waals surface area contributed by atoms with Gasteiger partial charge in [0.05, 0.1) is 6.04 Å². The van der Waals surface area contributed by atoms with Crippen molar-refractivity contribution in [1.29, 1.82) is 0 Å². The third kappa shape index (κ3) is 5.60. The Balaban J connectivity index is 0.000000114. The molecule has 4 heterocycles. The number of carbonyl (C=O) groups is 2. The lowest BCUT2D eigenvalue weighted by molar-refractivity contribution is -0.114. The van der Waals surface area contributed by atoms with Crippen LogP contribution in [0, 0.1) is 0 Å². The fraction of sp³-hybridized carbons (Fsp3) is 0.357. The number of allylic oxidation sites excluding steroid dienone is 4. The fourth-order valence-electron chi connectivity index (χ4n) is 4.66. The average molecular weight is 523 g/mol. The SMILES string of the molecule is O=C1C=C(Cl)CC1.O=C1C=C(N2CC2c2ccc3c(c2)OCO3)CC1.c1cc2c(cc1C1CN1)OCO2. The summed E-state index contributed by atoms with van der Waals surface area (Å²) < 4.78 is 21.2. The Kier molecular flexibility index (Phi) is 6.52. The Hall–Kier alpha value is -3.49. The monoisotopic (exact) mass is 522 g/mol. The van der Waals surface area contributed by atoms with Crippen LogP contribution >= 0.6 is 11.6 Å². The lowest BCUT2D eigenvalue weighted by Crippen LogP contribution is -1.95. The zero-order valence-electron chi connectivity index (χ0n) is 20.2. The third-order valence-corrected chi connectivity index (χ3v) is 7.15. The molecule has 4 aliphatic heterocycles. The summed E-state index contributed by atoms with van der Waals surface area (Å²) in [5.41, 5.74) is 3.71. The summed E-state index contributed by atoms with van der Waals surface area (Å²) in [5.74, 6) is 3.80. The van der Waals surface area contributed by atoms with Gasteiger partial charge in [0.25, 0.3) is 0 Å². The van der Waals surface area contributed by atoms with Gasteiger partial charge in [0.15, 0.2) is 34.6 Å². The van der Waals surface area contributed by atoms with Crippen molar-refractivity contribution >= 4 is 23.2 Å². The van der Waals surface area contributed by atoms with Crippen LogP contribution in [0.5, 0.6) is 23.0 Å². The van der Waals surface area contributed by atoms with E-state index in [1.807, 2.05) is 24.3 Å². The number of hydrogen-bond acceptors (Lipinski definition) is 8. The predicted octanol–water partition coefficient (Wildman–Crippen LogP) is 4.55. The summed E-state index contributed by atoms with van der Waals surface area (Å²) in [5, 5.41) is 3.94. The van der Waals surface area contributed by atoms with E-state index in [4.69, 9.17) is 30.5 Å². The number of rotatable bonds is 3. The highest BCUT2D eigenvalue weighted by Crippen LogP contribution is 2.44. The van der Waals surface area contributed by atoms with Crippen LogP contribution in [0.15, 0.2) is 59.3 Å². The second kappa shape index (κ2) is 10.1. The second-order valence-electron chi connectivity index (χ2n) is 9.51. The first-order chi connectivity index (χ1) is 18.0. The van der Waals surface area contributed by atoms with E-state index in [2.05, 4.69) is 22.3 Å². The summed E-state index contributed by atoms with van der Waals surface area (Å²) in [7, 11) is 0. The van der Waals surface area contributed by atoms with Crippen LogP contribution in [-0.2, 0) is 9.59 Å². The molecule has 0 amide bonds. The summed E-state index contributed by atoms with van der Waals surface area (Å²) in [6.07, 6.45) is 6.19. The van der Waals surface area contributed by atoms with Crippen LogP contribution < -0.4 is 24.3 Å². The zero-order chi connectivity index (χ0) is 25.4. The van der Waals surface area contributed by atoms with Gasteiger partial charge in [-0.05, 0) is 54.3 Å². The van der Waals surface area contributed by atoms with Crippen LogP contribution in [-0.4, -0.2) is 43.1 Å². The molecule has 2 fully saturated rings. The largest absolute Gasteiger partial charge is 0.454 e. The maximum absolute atomic E-state index is 11.2. The first-order valence-electron chi connectivity index (χ1n) is 12.4. The van der Waals surface area contributed by atoms with Gasteiger partial charge >= 0.3 is 0 Å². The molecule has 192 valence electrons. The molecular weight excluding hydrogens is 496 g/mol. The molecule has 9 heteroatoms. The maximum Gasteiger partial charge on any atom is 0.231 e. The molecule has 2 atom stereocenters. The normalized spacial score (nSPS) is 23.5. The lowest BCUT2D eigenvalue weighted by atomic mass is 10.1. The van der Waals surface area contributed by atoms with Crippen molar-refractivity contribution in [3.8, 4) is 23.0 Å². The number of nitrogens with zero attached hydrogens (tertiary/aromatic N) is 1. The number of nitrogens with one attached hydrogen (secondary N) is 1. The molecular formula is C28H27ClN2O6. The van der Waals surface area contributed by atoms with Crippen molar-refractivity contribution in [3.05, 3.63) is 70.4 Å². The van der Waals surface area contributed by atoms with Gasteiger partial charge in [-0.2, -0.15) is 0 Å². The minimum Gasteiger partial charge on any atom is -0.454 e. The van der Waals surface area contributed by atoms with Gasteiger partial charge in [0.1, 0.15) is 0 Å². The third-order valence-electron chi connectivity index (χ3n) is 6.85. The van der Waals surface area contributed by atoms with Gasteiger partial charge in [-0.3, -0.25) is 9.59 Å². The minimum absolute atomic E-state index is 0.157. The van der Waals surface area contributed by atoms with Crippen LogP contribution in [0.2, 0.25) is 0 Å². The van der Waals surface area contributed by atoms with Crippen LogP contribution in [0.1, 0.15) is 48.9 Å². The first-order valence-corrected chi connectivity index (χ1v) is 12.8. The number of carbonyl (C=O) groups excluding carboxylic acids is 2. The molecule has 0 spiro atoms. The molecule has 8 nitrogen and oxygen atoms in total. The molecule has 6 aliphatic rings. The van der Waals surface area contributed by atoms with Crippen molar-refractivity contribution < 1.29 is 28.5 Å². The highest BCUT2D eigenvalue weighted by Gasteiger charge is 2.39. The Morgan fingerprint density at radius 1 is 0.757 bits per heavy atom. The van der Waals surface area contributed by atoms with E-state index in [-0.39, 0.29) is 11.6 Å². The van der Waals surface area contributed by atoms with Crippen LogP contribution in [0.25, 0.3) is 0 Å². The number of ketones is 2. The summed E-state index contributed by atoms with van der Waals surface area (Å²) in [6, 6.07) is 13.1. The standard InChI is InChI=1S/C14H13NO3.C9H9NO2.C5H5ClO/c16-11-3-2-10(6-11)15-7-12(15)9-1-4-13-14(5-9)18-8-17-13;1-2-8-9(12-5-11-8)3-6(1)7-4-10-7;6-4-1-2-5(7)3-4/h1,4-6,12H,2-3,7-8H2;1-3,7,10H,4-5H2;3H,1-2H2. The van der Waals surface area contributed by atoms with Crippen molar-refractivity contribution in [2.45, 2.75) is 37.8 Å². The quantitative estimate of drug-likeness (QED) is 0.586. The van der Waals surface area contributed by atoms with Crippen molar-refractivity contribution in [3.63, 3.8) is 0 Å². The molecule has 0 saturated carbocycles. The van der Waals surface area contributed by atoms with Gasteiger partial charge in [-0.25, -0.2) is 0 Å². The van der Waals surface area contributed by atoms with Crippen LogP contribution in [0.3, 0.4) is 0 Å². The lowest BCUT2D eigenvalue weighted by Gasteiger charge is -2.06. The van der Waals surface area contributed by atoms with Crippen molar-refractivity contribution in [2.75, 3.05) is 26.7 Å². The molecule has 2 unspecified atom stereocenters. The van der Waals surface area contributed by atoms with E-state index in [0.717, 1.165) is 48.9 Å². The molecule has 2 saturated heterocycles. The average Bonchev–Trinajstić information content (AvgIpc) is 3.67. The molecule has 8 rings (SSSR count). The summed E-state index contributed by atoms with van der Waals surface area (Å²) in [6.45, 7) is 2.75. The predicted molar refractivity (Wildman–Crippen MR) is 136 cm³/mol. The van der Waals surface area contributed by atoms with Crippen molar-refractivity contribution in [2.24, 2.45) is 0 Å². The highest BCUT2D eigenvalue weighted by molar-refractivity contribution is 6.32. The molecule has 0 aromatic heterocycles. The number of benzene rings is 2. The molecule has 1 N–H and O–H groups in total. The van der Waals surface area contributed by atoms with E-state index in [0.29, 0.717) is 43.5 Å². The molecule has 2 aromatic carbocycles. The van der Waals surface area contributed by atoms with Gasteiger partial charge in [0.2, 0.25) is 13.6 Å². The van der Waals surface area contributed by atoms with Gasteiger partial charge in [-0.15, -0.1) is 0 Å². The van der Waals surface area contributed by atoms with Gasteiger partial charge in [0, 0.05) is 48.8 Å². The molecule has 2 aromatic rings. The number of halogens is 1. The van der Waals surface area contributed by atoms with Crippen molar-refractivity contribution in [1.82, 2.24) is 10.2 Å². The number of fused-ring (bicyclic) bond motifs is 2.